The Kier molecular flexibility index (Phi) is 3.54. The second kappa shape index (κ2) is 5.11. The first-order chi connectivity index (χ1) is 9.98. The number of carbonyl (C=O) groups excluding carboxylic acids is 1. The summed E-state index contributed by atoms with van der Waals surface area (Å²) in [5.41, 5.74) is 7.80. The lowest BCUT2D eigenvalue weighted by Crippen LogP contribution is -2.62. The van der Waals surface area contributed by atoms with Gasteiger partial charge in [0.05, 0.1) is 0 Å². The topological polar surface area (TPSA) is 58.4 Å². The minimum atomic E-state index is -0.631. The van der Waals surface area contributed by atoms with Crippen LogP contribution in [-0.4, -0.2) is 37.0 Å². The highest BCUT2D eigenvalue weighted by molar-refractivity contribution is 5.87. The summed E-state index contributed by atoms with van der Waals surface area (Å²) in [6, 6.07) is 8.35. The SMILES string of the molecule is CC1(C)CCC(C(N)=O)(N2CCNCC2)c2ccccc21. The third kappa shape index (κ3) is 2.17. The molecular formula is C17H25N3O. The molecule has 1 atom stereocenters. The van der Waals surface area contributed by atoms with E-state index in [4.69, 9.17) is 5.73 Å². The van der Waals surface area contributed by atoms with Crippen LogP contribution in [0.3, 0.4) is 0 Å². The van der Waals surface area contributed by atoms with Crippen LogP contribution in [0.2, 0.25) is 0 Å². The summed E-state index contributed by atoms with van der Waals surface area (Å²) >= 11 is 0. The van der Waals surface area contributed by atoms with E-state index < -0.39 is 5.54 Å². The van der Waals surface area contributed by atoms with Crippen LogP contribution in [0.25, 0.3) is 0 Å². The van der Waals surface area contributed by atoms with Crippen molar-refractivity contribution in [2.75, 3.05) is 26.2 Å². The third-order valence-corrected chi connectivity index (χ3v) is 5.28. The van der Waals surface area contributed by atoms with E-state index >= 15 is 0 Å². The second-order valence-corrected chi connectivity index (χ2v) is 6.89. The Morgan fingerprint density at radius 2 is 1.76 bits per heavy atom. The van der Waals surface area contributed by atoms with Gasteiger partial charge in [0.2, 0.25) is 5.91 Å². The number of primary amides is 1. The van der Waals surface area contributed by atoms with E-state index in [0.717, 1.165) is 44.6 Å². The van der Waals surface area contributed by atoms with E-state index in [1.807, 2.05) is 6.07 Å². The van der Waals surface area contributed by atoms with Gasteiger partial charge in [0.25, 0.3) is 0 Å². The second-order valence-electron chi connectivity index (χ2n) is 6.89. The number of hydrogen-bond donors (Lipinski definition) is 2. The number of rotatable bonds is 2. The maximum Gasteiger partial charge on any atom is 0.242 e. The van der Waals surface area contributed by atoms with Crippen LogP contribution >= 0.6 is 0 Å². The molecule has 0 aromatic heterocycles. The van der Waals surface area contributed by atoms with Gasteiger partial charge in [0, 0.05) is 26.2 Å². The van der Waals surface area contributed by atoms with Crippen LogP contribution in [-0.2, 0) is 15.7 Å². The summed E-state index contributed by atoms with van der Waals surface area (Å²) in [6.45, 7) is 8.10. The number of nitrogens with two attached hydrogens (primary N) is 1. The van der Waals surface area contributed by atoms with E-state index in [9.17, 15) is 4.79 Å². The van der Waals surface area contributed by atoms with Crippen LogP contribution in [0.5, 0.6) is 0 Å². The highest BCUT2D eigenvalue weighted by Gasteiger charge is 2.50. The largest absolute Gasteiger partial charge is 0.368 e. The molecule has 0 saturated carbocycles. The molecule has 1 aliphatic carbocycles. The van der Waals surface area contributed by atoms with Gasteiger partial charge < -0.3 is 11.1 Å². The van der Waals surface area contributed by atoms with E-state index in [0.29, 0.717) is 0 Å². The predicted molar refractivity (Wildman–Crippen MR) is 84.0 cm³/mol. The van der Waals surface area contributed by atoms with Crippen molar-refractivity contribution >= 4 is 5.91 Å². The molecule has 114 valence electrons. The summed E-state index contributed by atoms with van der Waals surface area (Å²) < 4.78 is 0. The molecule has 1 fully saturated rings. The number of hydrogen-bond acceptors (Lipinski definition) is 3. The molecule has 1 aromatic rings. The summed E-state index contributed by atoms with van der Waals surface area (Å²) in [6.07, 6.45) is 1.79. The van der Waals surface area contributed by atoms with Crippen molar-refractivity contribution in [3.05, 3.63) is 35.4 Å². The van der Waals surface area contributed by atoms with Crippen molar-refractivity contribution in [2.24, 2.45) is 5.73 Å². The lowest BCUT2D eigenvalue weighted by molar-refractivity contribution is -0.133. The fraction of sp³-hybridized carbons (Fsp3) is 0.588. The van der Waals surface area contributed by atoms with Gasteiger partial charge >= 0.3 is 0 Å². The Balaban J connectivity index is 2.15. The lowest BCUT2D eigenvalue weighted by Gasteiger charge is -2.50. The zero-order valence-electron chi connectivity index (χ0n) is 13.0. The number of benzene rings is 1. The molecule has 1 amide bonds. The van der Waals surface area contributed by atoms with Crippen molar-refractivity contribution in [2.45, 2.75) is 37.6 Å². The van der Waals surface area contributed by atoms with Gasteiger partial charge in [-0.3, -0.25) is 9.69 Å². The molecule has 1 saturated heterocycles. The number of nitrogens with one attached hydrogen (secondary N) is 1. The molecule has 3 N–H and O–H groups in total. The van der Waals surface area contributed by atoms with E-state index in [1.54, 1.807) is 0 Å². The number of amides is 1. The molecule has 3 rings (SSSR count). The lowest BCUT2D eigenvalue weighted by atomic mass is 9.64. The van der Waals surface area contributed by atoms with Gasteiger partial charge in [0.1, 0.15) is 5.54 Å². The summed E-state index contributed by atoms with van der Waals surface area (Å²) in [7, 11) is 0. The summed E-state index contributed by atoms with van der Waals surface area (Å²) in [5, 5.41) is 3.36. The van der Waals surface area contributed by atoms with Crippen LogP contribution in [0.1, 0.15) is 37.8 Å². The number of nitrogens with zero attached hydrogens (tertiary/aromatic N) is 1. The molecule has 1 aliphatic heterocycles. The summed E-state index contributed by atoms with van der Waals surface area (Å²) in [5.74, 6) is -0.202. The quantitative estimate of drug-likeness (QED) is 0.863. The highest BCUT2D eigenvalue weighted by Crippen LogP contribution is 2.47. The Hall–Kier alpha value is -1.39. The molecule has 4 nitrogen and oxygen atoms in total. The molecule has 21 heavy (non-hydrogen) atoms. The normalized spacial score (nSPS) is 28.9. The van der Waals surface area contributed by atoms with Gasteiger partial charge in [-0.2, -0.15) is 0 Å². The zero-order valence-corrected chi connectivity index (χ0v) is 13.0. The van der Waals surface area contributed by atoms with Crippen LogP contribution < -0.4 is 11.1 Å². The minimum absolute atomic E-state index is 0.101. The first-order valence-corrected chi connectivity index (χ1v) is 7.84. The molecule has 1 unspecified atom stereocenters. The third-order valence-electron chi connectivity index (χ3n) is 5.28. The molecule has 4 heteroatoms. The first-order valence-electron chi connectivity index (χ1n) is 7.84. The minimum Gasteiger partial charge on any atom is -0.368 e. The van der Waals surface area contributed by atoms with Crippen LogP contribution in [0.4, 0.5) is 0 Å². The van der Waals surface area contributed by atoms with E-state index in [2.05, 4.69) is 42.3 Å². The molecule has 0 spiro atoms. The maximum absolute atomic E-state index is 12.5. The number of fused-ring (bicyclic) bond motifs is 1. The van der Waals surface area contributed by atoms with Gasteiger partial charge in [-0.05, 0) is 29.4 Å². The van der Waals surface area contributed by atoms with Crippen molar-refractivity contribution in [1.82, 2.24) is 10.2 Å². The van der Waals surface area contributed by atoms with Gasteiger partial charge in [0.15, 0.2) is 0 Å². The van der Waals surface area contributed by atoms with Gasteiger partial charge in [-0.15, -0.1) is 0 Å². The van der Waals surface area contributed by atoms with Crippen molar-refractivity contribution in [1.29, 1.82) is 0 Å². The molecule has 2 aliphatic rings. The smallest absolute Gasteiger partial charge is 0.242 e. The summed E-state index contributed by atoms with van der Waals surface area (Å²) in [4.78, 5) is 14.8. The molecule has 1 aromatic carbocycles. The highest BCUT2D eigenvalue weighted by atomic mass is 16.1. The molecule has 1 heterocycles. The Bertz CT molecular complexity index is 549. The predicted octanol–water partition coefficient (Wildman–Crippen LogP) is 1.34. The molecular weight excluding hydrogens is 262 g/mol. The fourth-order valence-electron chi connectivity index (χ4n) is 3.98. The van der Waals surface area contributed by atoms with Crippen molar-refractivity contribution in [3.8, 4) is 0 Å². The van der Waals surface area contributed by atoms with Crippen LogP contribution in [0, 0.1) is 0 Å². The number of carbonyl (C=O) groups is 1. The first kappa shape index (κ1) is 14.5. The average molecular weight is 287 g/mol. The Labute approximate surface area is 126 Å². The standard InChI is InChI=1S/C17H25N3O/c1-16(2)7-8-17(15(18)21,20-11-9-19-10-12-20)14-6-4-3-5-13(14)16/h3-6,19H,7-12H2,1-2H3,(H2,18,21). The van der Waals surface area contributed by atoms with E-state index in [1.165, 1.54) is 5.56 Å². The van der Waals surface area contributed by atoms with Crippen LogP contribution in [0.15, 0.2) is 24.3 Å². The number of piperazine rings is 1. The Morgan fingerprint density at radius 3 is 2.38 bits per heavy atom. The van der Waals surface area contributed by atoms with E-state index in [-0.39, 0.29) is 11.3 Å². The fourth-order valence-corrected chi connectivity index (χ4v) is 3.98. The van der Waals surface area contributed by atoms with Crippen molar-refractivity contribution in [3.63, 3.8) is 0 Å². The molecule has 0 bridgehead atoms. The zero-order chi connectivity index (χ0) is 15.1. The van der Waals surface area contributed by atoms with Crippen molar-refractivity contribution < 1.29 is 4.79 Å². The molecule has 0 radical (unpaired) electrons. The average Bonchev–Trinajstić information content (AvgIpc) is 2.48. The van der Waals surface area contributed by atoms with Gasteiger partial charge in [-0.1, -0.05) is 38.1 Å². The van der Waals surface area contributed by atoms with Gasteiger partial charge in [-0.25, -0.2) is 0 Å². The maximum atomic E-state index is 12.5. The Morgan fingerprint density at radius 1 is 1.14 bits per heavy atom. The monoisotopic (exact) mass is 287 g/mol.